The lowest BCUT2D eigenvalue weighted by atomic mass is 9.85. The van der Waals surface area contributed by atoms with Gasteiger partial charge < -0.3 is 5.73 Å². The average Bonchev–Trinajstić information content (AvgIpc) is 2.58. The van der Waals surface area contributed by atoms with Gasteiger partial charge in [0.2, 0.25) is 0 Å². The third kappa shape index (κ3) is 2.60. The van der Waals surface area contributed by atoms with Crippen LogP contribution in [-0.2, 0) is 0 Å². The Hall–Kier alpha value is -0.0800. The molecule has 2 nitrogen and oxygen atoms in total. The van der Waals surface area contributed by atoms with Gasteiger partial charge in [-0.1, -0.05) is 27.2 Å². The molecule has 3 unspecified atom stereocenters. The fourth-order valence-corrected chi connectivity index (χ4v) is 3.48. The van der Waals surface area contributed by atoms with Crippen LogP contribution in [0.15, 0.2) is 0 Å². The van der Waals surface area contributed by atoms with Gasteiger partial charge in [-0.25, -0.2) is 0 Å². The van der Waals surface area contributed by atoms with E-state index in [1.54, 1.807) is 0 Å². The van der Waals surface area contributed by atoms with Crippen LogP contribution in [0, 0.1) is 11.8 Å². The number of nitrogens with zero attached hydrogens (tertiary/aromatic N) is 1. The summed E-state index contributed by atoms with van der Waals surface area (Å²) in [5.41, 5.74) is 6.36. The van der Waals surface area contributed by atoms with Crippen LogP contribution in [0.25, 0.3) is 0 Å². The average molecular weight is 226 g/mol. The molecule has 1 aliphatic rings. The summed E-state index contributed by atoms with van der Waals surface area (Å²) in [6.45, 7) is 10.1. The summed E-state index contributed by atoms with van der Waals surface area (Å²) in [5, 5.41) is 0. The van der Waals surface area contributed by atoms with E-state index in [1.165, 1.54) is 25.7 Å². The third-order valence-electron chi connectivity index (χ3n) is 4.69. The Kier molecular flexibility index (Phi) is 4.81. The van der Waals surface area contributed by atoms with E-state index in [-0.39, 0.29) is 5.54 Å². The second-order valence-corrected chi connectivity index (χ2v) is 6.19. The Morgan fingerprint density at radius 1 is 1.38 bits per heavy atom. The molecule has 96 valence electrons. The largest absolute Gasteiger partial charge is 0.329 e. The summed E-state index contributed by atoms with van der Waals surface area (Å²) in [6, 6.07) is 0.643. The Labute approximate surface area is 102 Å². The predicted octanol–water partition coefficient (Wildman–Crippen LogP) is 2.87. The van der Waals surface area contributed by atoms with E-state index in [4.69, 9.17) is 5.73 Å². The molecule has 16 heavy (non-hydrogen) atoms. The van der Waals surface area contributed by atoms with Crippen molar-refractivity contribution in [3.05, 3.63) is 0 Å². The molecule has 2 N–H and O–H groups in total. The fraction of sp³-hybridized carbons (Fsp3) is 1.00. The molecule has 0 spiro atoms. The van der Waals surface area contributed by atoms with Gasteiger partial charge in [-0.15, -0.1) is 0 Å². The first-order valence-electron chi connectivity index (χ1n) is 6.87. The second-order valence-electron chi connectivity index (χ2n) is 6.19. The van der Waals surface area contributed by atoms with Crippen LogP contribution in [0.5, 0.6) is 0 Å². The number of likely N-dealkylation sites (N-methyl/N-ethyl adjacent to an activating group) is 1. The highest BCUT2D eigenvalue weighted by atomic mass is 15.2. The summed E-state index contributed by atoms with van der Waals surface area (Å²) in [4.78, 5) is 2.57. The number of nitrogens with two attached hydrogens (primary N) is 1. The van der Waals surface area contributed by atoms with Gasteiger partial charge in [0.05, 0.1) is 0 Å². The van der Waals surface area contributed by atoms with E-state index in [9.17, 15) is 0 Å². The highest BCUT2D eigenvalue weighted by Gasteiger charge is 2.43. The minimum Gasteiger partial charge on any atom is -0.329 e. The quantitative estimate of drug-likeness (QED) is 0.781. The Bertz CT molecular complexity index is 215. The maximum Gasteiger partial charge on any atom is 0.0356 e. The van der Waals surface area contributed by atoms with E-state index in [0.29, 0.717) is 6.04 Å². The minimum atomic E-state index is 0.272. The highest BCUT2D eigenvalue weighted by molar-refractivity contribution is 5.00. The molecule has 2 heteroatoms. The summed E-state index contributed by atoms with van der Waals surface area (Å²) >= 11 is 0. The lowest BCUT2D eigenvalue weighted by Crippen LogP contribution is -2.57. The van der Waals surface area contributed by atoms with Crippen LogP contribution < -0.4 is 5.73 Å². The zero-order chi connectivity index (χ0) is 12.3. The van der Waals surface area contributed by atoms with E-state index < -0.39 is 0 Å². The SMILES string of the molecule is CC(C)CC(C)N(C)C1(CN)CCCC1C. The maximum absolute atomic E-state index is 6.09. The summed E-state index contributed by atoms with van der Waals surface area (Å²) < 4.78 is 0. The Balaban J connectivity index is 2.72. The molecule has 0 saturated heterocycles. The zero-order valence-corrected chi connectivity index (χ0v) is 11.8. The van der Waals surface area contributed by atoms with Gasteiger partial charge in [-0.05, 0) is 45.1 Å². The molecule has 0 aliphatic heterocycles. The first-order chi connectivity index (χ1) is 7.44. The zero-order valence-electron chi connectivity index (χ0n) is 11.8. The topological polar surface area (TPSA) is 29.3 Å². The van der Waals surface area contributed by atoms with Crippen LogP contribution in [0.2, 0.25) is 0 Å². The maximum atomic E-state index is 6.09. The van der Waals surface area contributed by atoms with Crippen molar-refractivity contribution in [2.75, 3.05) is 13.6 Å². The summed E-state index contributed by atoms with van der Waals surface area (Å²) in [7, 11) is 2.28. The number of hydrogen-bond acceptors (Lipinski definition) is 2. The van der Waals surface area contributed by atoms with Crippen molar-refractivity contribution in [3.63, 3.8) is 0 Å². The van der Waals surface area contributed by atoms with Gasteiger partial charge in [-0.3, -0.25) is 4.90 Å². The summed E-state index contributed by atoms with van der Waals surface area (Å²) in [6.07, 6.45) is 5.24. The van der Waals surface area contributed by atoms with Gasteiger partial charge >= 0.3 is 0 Å². The summed E-state index contributed by atoms with van der Waals surface area (Å²) in [5.74, 6) is 1.51. The third-order valence-corrected chi connectivity index (χ3v) is 4.69. The van der Waals surface area contributed by atoms with Crippen molar-refractivity contribution in [3.8, 4) is 0 Å². The fourth-order valence-electron chi connectivity index (χ4n) is 3.48. The molecule has 0 amide bonds. The van der Waals surface area contributed by atoms with Crippen LogP contribution in [0.1, 0.15) is 53.4 Å². The molecule has 3 atom stereocenters. The van der Waals surface area contributed by atoms with E-state index >= 15 is 0 Å². The van der Waals surface area contributed by atoms with E-state index in [0.717, 1.165) is 18.4 Å². The molecule has 0 heterocycles. The van der Waals surface area contributed by atoms with Crippen LogP contribution >= 0.6 is 0 Å². The monoisotopic (exact) mass is 226 g/mol. The first-order valence-corrected chi connectivity index (χ1v) is 6.87. The highest BCUT2D eigenvalue weighted by Crippen LogP contribution is 2.40. The minimum absolute atomic E-state index is 0.272. The molecule has 1 aliphatic carbocycles. The molecule has 0 bridgehead atoms. The molecule has 1 fully saturated rings. The van der Waals surface area contributed by atoms with Crippen LogP contribution in [0.4, 0.5) is 0 Å². The van der Waals surface area contributed by atoms with Crippen molar-refractivity contribution in [1.82, 2.24) is 4.90 Å². The Morgan fingerprint density at radius 2 is 2.00 bits per heavy atom. The standard InChI is InChI=1S/C14H30N2/c1-11(2)9-13(4)16(5)14(10-15)8-6-7-12(14)3/h11-13H,6-10,15H2,1-5H3. The Morgan fingerprint density at radius 3 is 2.38 bits per heavy atom. The van der Waals surface area contributed by atoms with Crippen molar-refractivity contribution in [2.24, 2.45) is 17.6 Å². The number of rotatable bonds is 5. The predicted molar refractivity (Wildman–Crippen MR) is 71.5 cm³/mol. The van der Waals surface area contributed by atoms with Gasteiger partial charge in [0.15, 0.2) is 0 Å². The molecular weight excluding hydrogens is 196 g/mol. The molecule has 0 aromatic carbocycles. The number of hydrogen-bond donors (Lipinski definition) is 1. The van der Waals surface area contributed by atoms with Crippen molar-refractivity contribution < 1.29 is 0 Å². The lowest BCUT2D eigenvalue weighted by molar-refractivity contribution is 0.0477. The van der Waals surface area contributed by atoms with Gasteiger partial charge in [0, 0.05) is 18.1 Å². The van der Waals surface area contributed by atoms with Gasteiger partial charge in [0.25, 0.3) is 0 Å². The van der Waals surface area contributed by atoms with Crippen molar-refractivity contribution >= 4 is 0 Å². The van der Waals surface area contributed by atoms with Gasteiger partial charge in [0.1, 0.15) is 0 Å². The molecule has 0 aromatic heterocycles. The second kappa shape index (κ2) is 5.50. The van der Waals surface area contributed by atoms with E-state index in [1.807, 2.05) is 0 Å². The van der Waals surface area contributed by atoms with Crippen molar-refractivity contribution in [2.45, 2.75) is 65.0 Å². The molecule has 1 rings (SSSR count). The molecule has 1 saturated carbocycles. The van der Waals surface area contributed by atoms with Crippen LogP contribution in [-0.4, -0.2) is 30.1 Å². The molecule has 0 radical (unpaired) electrons. The smallest absolute Gasteiger partial charge is 0.0356 e. The lowest BCUT2D eigenvalue weighted by Gasteiger charge is -2.45. The van der Waals surface area contributed by atoms with Gasteiger partial charge in [-0.2, -0.15) is 0 Å². The van der Waals surface area contributed by atoms with Crippen LogP contribution in [0.3, 0.4) is 0 Å². The first kappa shape index (κ1) is 14.0. The van der Waals surface area contributed by atoms with Crippen molar-refractivity contribution in [1.29, 1.82) is 0 Å². The molecular formula is C14H30N2. The van der Waals surface area contributed by atoms with E-state index in [2.05, 4.69) is 39.6 Å². The molecule has 0 aromatic rings. The normalized spacial score (nSPS) is 32.6.